The molecule has 2 heterocycles. The van der Waals surface area contributed by atoms with E-state index in [1.54, 1.807) is 19.2 Å². The van der Waals surface area contributed by atoms with Gasteiger partial charge in [-0.25, -0.2) is 0 Å². The van der Waals surface area contributed by atoms with E-state index in [2.05, 4.69) is 27.5 Å². The van der Waals surface area contributed by atoms with Crippen molar-refractivity contribution in [2.45, 2.75) is 12.6 Å². The molecule has 0 aliphatic carbocycles. The van der Waals surface area contributed by atoms with Crippen molar-refractivity contribution in [3.05, 3.63) is 53.6 Å². The highest BCUT2D eigenvalue weighted by atomic mass is 16.7. The molecular weight excluding hydrogens is 424 g/mol. The third-order valence-electron chi connectivity index (χ3n) is 6.03. The quantitative estimate of drug-likeness (QED) is 0.607. The first kappa shape index (κ1) is 22.9. The van der Waals surface area contributed by atoms with Gasteiger partial charge < -0.3 is 29.7 Å². The highest BCUT2D eigenvalue weighted by molar-refractivity contribution is 6.35. The number of carbonyl (C=O) groups excluding carboxylic acids is 2. The second-order valence-electron chi connectivity index (χ2n) is 8.21. The van der Waals surface area contributed by atoms with Gasteiger partial charge in [0, 0.05) is 39.3 Å². The Morgan fingerprint density at radius 3 is 2.39 bits per heavy atom. The molecule has 1 unspecified atom stereocenters. The molecule has 1 atom stereocenters. The number of piperazine rings is 1. The molecule has 9 heteroatoms. The number of nitrogens with zero attached hydrogens (tertiary/aromatic N) is 2. The molecule has 4 rings (SSSR count). The van der Waals surface area contributed by atoms with Gasteiger partial charge in [-0.2, -0.15) is 0 Å². The van der Waals surface area contributed by atoms with E-state index in [1.807, 2.05) is 30.3 Å². The van der Waals surface area contributed by atoms with Crippen LogP contribution in [0.3, 0.4) is 0 Å². The molecule has 2 aliphatic heterocycles. The van der Waals surface area contributed by atoms with Crippen LogP contribution >= 0.6 is 0 Å². The molecule has 0 bridgehead atoms. The monoisotopic (exact) mass is 454 g/mol. The van der Waals surface area contributed by atoms with Gasteiger partial charge in [0.15, 0.2) is 11.5 Å². The van der Waals surface area contributed by atoms with Crippen LogP contribution in [0.15, 0.2) is 42.5 Å². The van der Waals surface area contributed by atoms with Crippen molar-refractivity contribution in [3.8, 4) is 17.2 Å². The van der Waals surface area contributed by atoms with E-state index < -0.39 is 11.8 Å². The van der Waals surface area contributed by atoms with E-state index in [4.69, 9.17) is 14.2 Å². The van der Waals surface area contributed by atoms with E-state index in [-0.39, 0.29) is 19.4 Å². The van der Waals surface area contributed by atoms with Gasteiger partial charge in [0.1, 0.15) is 5.75 Å². The maximum absolute atomic E-state index is 12.5. The fourth-order valence-electron chi connectivity index (χ4n) is 4.00. The number of nitrogens with one attached hydrogen (secondary N) is 2. The summed E-state index contributed by atoms with van der Waals surface area (Å²) in [5, 5.41) is 5.48. The lowest BCUT2D eigenvalue weighted by Gasteiger charge is -2.38. The van der Waals surface area contributed by atoms with Crippen LogP contribution < -0.4 is 24.8 Å². The first-order valence-electron chi connectivity index (χ1n) is 11.0. The molecule has 176 valence electrons. The van der Waals surface area contributed by atoms with Crippen molar-refractivity contribution >= 4 is 11.8 Å². The second-order valence-corrected chi connectivity index (χ2v) is 8.21. The van der Waals surface area contributed by atoms with Gasteiger partial charge in [-0.1, -0.05) is 18.2 Å². The summed E-state index contributed by atoms with van der Waals surface area (Å²) in [7, 11) is 3.74. The van der Waals surface area contributed by atoms with Crippen molar-refractivity contribution < 1.29 is 23.8 Å². The van der Waals surface area contributed by atoms with E-state index >= 15 is 0 Å². The van der Waals surface area contributed by atoms with Crippen LogP contribution in [0, 0.1) is 0 Å². The number of fused-ring (bicyclic) bond motifs is 1. The smallest absolute Gasteiger partial charge is 0.309 e. The van der Waals surface area contributed by atoms with Gasteiger partial charge in [-0.3, -0.25) is 14.5 Å². The number of rotatable bonds is 7. The third-order valence-corrected chi connectivity index (χ3v) is 6.03. The van der Waals surface area contributed by atoms with Crippen LogP contribution in [0.4, 0.5) is 0 Å². The average molecular weight is 455 g/mol. The zero-order chi connectivity index (χ0) is 23.2. The first-order chi connectivity index (χ1) is 16.0. The van der Waals surface area contributed by atoms with Gasteiger partial charge in [0.2, 0.25) is 6.79 Å². The Morgan fingerprint density at radius 2 is 1.67 bits per heavy atom. The summed E-state index contributed by atoms with van der Waals surface area (Å²) in [6.07, 6.45) is 0. The lowest BCUT2D eigenvalue weighted by molar-refractivity contribution is -0.139. The van der Waals surface area contributed by atoms with Crippen molar-refractivity contribution in [1.82, 2.24) is 20.4 Å². The topological polar surface area (TPSA) is 92.4 Å². The van der Waals surface area contributed by atoms with Crippen LogP contribution in [0.2, 0.25) is 0 Å². The number of ether oxygens (including phenoxy) is 3. The van der Waals surface area contributed by atoms with Crippen molar-refractivity contribution in [3.63, 3.8) is 0 Å². The molecule has 1 saturated heterocycles. The van der Waals surface area contributed by atoms with E-state index in [0.717, 1.165) is 43.1 Å². The number of hydrogen-bond donors (Lipinski definition) is 2. The fourth-order valence-corrected chi connectivity index (χ4v) is 4.00. The predicted octanol–water partition coefficient (Wildman–Crippen LogP) is 1.15. The Bertz CT molecular complexity index is 973. The van der Waals surface area contributed by atoms with Gasteiger partial charge in [-0.15, -0.1) is 0 Å². The van der Waals surface area contributed by atoms with Gasteiger partial charge in [0.25, 0.3) is 0 Å². The molecular formula is C24H30N4O5. The summed E-state index contributed by atoms with van der Waals surface area (Å²) >= 11 is 0. The zero-order valence-corrected chi connectivity index (χ0v) is 19.0. The number of amides is 2. The molecule has 0 aromatic heterocycles. The van der Waals surface area contributed by atoms with Gasteiger partial charge in [-0.05, 0) is 42.4 Å². The summed E-state index contributed by atoms with van der Waals surface area (Å²) in [5.74, 6) is 0.780. The first-order valence-corrected chi connectivity index (χ1v) is 11.0. The second kappa shape index (κ2) is 10.5. The highest BCUT2D eigenvalue weighted by Crippen LogP contribution is 2.32. The number of benzene rings is 2. The molecule has 0 spiro atoms. The number of methoxy groups -OCH3 is 1. The Hall–Kier alpha value is -3.30. The molecule has 1 fully saturated rings. The van der Waals surface area contributed by atoms with E-state index in [0.29, 0.717) is 18.0 Å². The summed E-state index contributed by atoms with van der Waals surface area (Å²) in [5.41, 5.74) is 1.90. The van der Waals surface area contributed by atoms with Crippen LogP contribution in [0.25, 0.3) is 0 Å². The van der Waals surface area contributed by atoms with E-state index in [9.17, 15) is 9.59 Å². The average Bonchev–Trinajstić information content (AvgIpc) is 3.32. The highest BCUT2D eigenvalue weighted by Gasteiger charge is 2.25. The normalized spacial score (nSPS) is 16.8. The van der Waals surface area contributed by atoms with Crippen LogP contribution in [0.1, 0.15) is 17.2 Å². The lowest BCUT2D eigenvalue weighted by atomic mass is 10.0. The van der Waals surface area contributed by atoms with Crippen LogP contribution in [-0.4, -0.2) is 75.3 Å². The maximum atomic E-state index is 12.5. The Morgan fingerprint density at radius 1 is 0.970 bits per heavy atom. The molecule has 33 heavy (non-hydrogen) atoms. The number of hydrogen-bond acceptors (Lipinski definition) is 7. The van der Waals surface area contributed by atoms with E-state index in [1.165, 1.54) is 0 Å². The predicted molar refractivity (Wildman–Crippen MR) is 122 cm³/mol. The summed E-state index contributed by atoms with van der Waals surface area (Å²) < 4.78 is 15.9. The summed E-state index contributed by atoms with van der Waals surface area (Å²) in [6, 6.07) is 13.2. The molecule has 9 nitrogen and oxygen atoms in total. The van der Waals surface area contributed by atoms with Gasteiger partial charge in [0.05, 0.1) is 13.2 Å². The Kier molecular flexibility index (Phi) is 7.31. The largest absolute Gasteiger partial charge is 0.497 e. The SMILES string of the molecule is COc1ccc(C(CNC(=O)C(=O)NCc2ccc3c(c2)OCO3)N2CCN(C)CC2)cc1. The molecule has 2 amide bonds. The number of carbonyl (C=O) groups is 2. The maximum Gasteiger partial charge on any atom is 0.309 e. The molecule has 0 saturated carbocycles. The van der Waals surface area contributed by atoms with Crippen molar-refractivity contribution in [2.24, 2.45) is 0 Å². The Balaban J connectivity index is 1.34. The summed E-state index contributed by atoms with van der Waals surface area (Å²) in [6.45, 7) is 4.44. The molecule has 2 aromatic rings. The molecule has 0 radical (unpaired) electrons. The van der Waals surface area contributed by atoms with Crippen molar-refractivity contribution in [2.75, 3.05) is 53.7 Å². The molecule has 2 aromatic carbocycles. The third kappa shape index (κ3) is 5.74. The minimum Gasteiger partial charge on any atom is -0.497 e. The Labute approximate surface area is 193 Å². The number of likely N-dealkylation sites (N-methyl/N-ethyl adjacent to an activating group) is 1. The fraction of sp³-hybridized carbons (Fsp3) is 0.417. The lowest BCUT2D eigenvalue weighted by Crippen LogP contribution is -2.49. The van der Waals surface area contributed by atoms with Crippen LogP contribution in [-0.2, 0) is 16.1 Å². The zero-order valence-electron chi connectivity index (χ0n) is 19.0. The minimum atomic E-state index is -0.667. The van der Waals surface area contributed by atoms with Crippen LogP contribution in [0.5, 0.6) is 17.2 Å². The summed E-state index contributed by atoms with van der Waals surface area (Å²) in [4.78, 5) is 29.5. The van der Waals surface area contributed by atoms with Crippen molar-refractivity contribution in [1.29, 1.82) is 0 Å². The standard InChI is InChI=1S/C24H30N4O5/c1-27-9-11-28(12-10-27)20(18-4-6-19(31-2)7-5-18)15-26-24(30)23(29)25-14-17-3-8-21-22(13-17)33-16-32-21/h3-8,13,20H,9-12,14-16H2,1-2H3,(H,25,29)(H,26,30). The minimum absolute atomic E-state index is 0.0322. The molecule has 2 aliphatic rings. The van der Waals surface area contributed by atoms with Gasteiger partial charge >= 0.3 is 11.8 Å². The molecule has 2 N–H and O–H groups in total.